The minimum atomic E-state index is -2.16. The van der Waals surface area contributed by atoms with Crippen LogP contribution >= 0.6 is 8.60 Å². The molecular formula is C27H49O5P. The van der Waals surface area contributed by atoms with Crippen molar-refractivity contribution in [3.63, 3.8) is 0 Å². The molecule has 1 rings (SSSR count). The molecule has 0 amide bonds. The highest BCUT2D eigenvalue weighted by Gasteiger charge is 2.32. The minimum Gasteiger partial charge on any atom is -0.426 e. The van der Waals surface area contributed by atoms with Crippen LogP contribution in [-0.4, -0.2) is 34.9 Å². The number of benzene rings is 1. The normalized spacial score (nSPS) is 14.5. The molecule has 1 atom stereocenters. The van der Waals surface area contributed by atoms with Gasteiger partial charge in [-0.15, -0.1) is 0 Å². The first-order valence-electron chi connectivity index (χ1n) is 12.2. The maximum Gasteiger partial charge on any atom is 0.394 e. The zero-order valence-corrected chi connectivity index (χ0v) is 23.6. The molecular weight excluding hydrogens is 435 g/mol. The highest BCUT2D eigenvalue weighted by Crippen LogP contribution is 2.48. The van der Waals surface area contributed by atoms with Gasteiger partial charge in [-0.3, -0.25) is 0 Å². The Balaban J connectivity index is 3.21. The number of aliphatic hydroxyl groups is 2. The van der Waals surface area contributed by atoms with E-state index in [1.807, 2.05) is 0 Å². The standard InChI is InChI=1S/C27H49O5P/c1-11-12-13-27(18-28,19-29)14-15-31-33(30)32-23-21(25(5,6)7)16-20(24(2,3)4)17-22(23)26(8,9)10/h16-17,28-30H,11-15,18-19H2,1-10H3. The summed E-state index contributed by atoms with van der Waals surface area (Å²) in [6.07, 6.45) is 3.11. The van der Waals surface area contributed by atoms with Gasteiger partial charge in [-0.05, 0) is 34.7 Å². The zero-order chi connectivity index (χ0) is 25.7. The molecule has 33 heavy (non-hydrogen) atoms. The van der Waals surface area contributed by atoms with Crippen molar-refractivity contribution in [1.29, 1.82) is 0 Å². The summed E-state index contributed by atoms with van der Waals surface area (Å²) in [5.74, 6) is 0.693. The van der Waals surface area contributed by atoms with E-state index in [1.165, 1.54) is 5.56 Å². The lowest BCUT2D eigenvalue weighted by Crippen LogP contribution is -2.31. The van der Waals surface area contributed by atoms with Crippen molar-refractivity contribution >= 4 is 8.60 Å². The third kappa shape index (κ3) is 8.78. The van der Waals surface area contributed by atoms with Crippen molar-refractivity contribution in [2.24, 2.45) is 5.41 Å². The van der Waals surface area contributed by atoms with Gasteiger partial charge in [0.2, 0.25) is 0 Å². The van der Waals surface area contributed by atoms with E-state index < -0.39 is 14.0 Å². The van der Waals surface area contributed by atoms with Crippen LogP contribution in [0, 0.1) is 5.41 Å². The molecule has 1 unspecified atom stereocenters. The van der Waals surface area contributed by atoms with E-state index in [1.54, 1.807) is 0 Å². The SMILES string of the molecule is CCCCC(CO)(CO)CCOP(O)Oc1c(C(C)(C)C)cc(C(C)(C)C)cc1C(C)(C)C. The minimum absolute atomic E-state index is 0.0185. The van der Waals surface area contributed by atoms with Gasteiger partial charge in [0.25, 0.3) is 0 Å². The Morgan fingerprint density at radius 2 is 1.27 bits per heavy atom. The third-order valence-corrected chi connectivity index (χ3v) is 7.05. The van der Waals surface area contributed by atoms with Gasteiger partial charge in [-0.25, -0.2) is 0 Å². The lowest BCUT2D eigenvalue weighted by Gasteiger charge is -2.33. The van der Waals surface area contributed by atoms with Crippen molar-refractivity contribution in [3.8, 4) is 5.75 Å². The second-order valence-electron chi connectivity index (χ2n) is 12.5. The van der Waals surface area contributed by atoms with Gasteiger partial charge in [-0.2, -0.15) is 0 Å². The molecule has 0 aliphatic heterocycles. The van der Waals surface area contributed by atoms with Crippen LogP contribution in [0.5, 0.6) is 5.75 Å². The van der Waals surface area contributed by atoms with Crippen molar-refractivity contribution in [1.82, 2.24) is 0 Å². The first-order valence-corrected chi connectivity index (χ1v) is 13.3. The second kappa shape index (κ2) is 11.8. The Hall–Kier alpha value is -0.710. The van der Waals surface area contributed by atoms with Gasteiger partial charge < -0.3 is 24.2 Å². The Morgan fingerprint density at radius 1 is 0.788 bits per heavy atom. The maximum atomic E-state index is 10.7. The van der Waals surface area contributed by atoms with E-state index in [0.29, 0.717) is 12.2 Å². The van der Waals surface area contributed by atoms with Gasteiger partial charge in [0, 0.05) is 16.5 Å². The Morgan fingerprint density at radius 3 is 1.64 bits per heavy atom. The second-order valence-corrected chi connectivity index (χ2v) is 13.4. The van der Waals surface area contributed by atoms with Crippen molar-refractivity contribution in [3.05, 3.63) is 28.8 Å². The van der Waals surface area contributed by atoms with E-state index in [2.05, 4.69) is 81.4 Å². The zero-order valence-electron chi connectivity index (χ0n) is 22.7. The van der Waals surface area contributed by atoms with Crippen LogP contribution in [0.2, 0.25) is 0 Å². The van der Waals surface area contributed by atoms with Crippen LogP contribution in [0.25, 0.3) is 0 Å². The molecule has 0 aliphatic rings. The number of hydrogen-bond donors (Lipinski definition) is 3. The summed E-state index contributed by atoms with van der Waals surface area (Å²) < 4.78 is 11.8. The molecule has 0 saturated heterocycles. The first-order chi connectivity index (χ1) is 15.0. The van der Waals surface area contributed by atoms with Crippen LogP contribution in [0.4, 0.5) is 0 Å². The summed E-state index contributed by atoms with van der Waals surface area (Å²) in [5, 5.41) is 19.7. The molecule has 1 aromatic carbocycles. The molecule has 0 aromatic heterocycles. The molecule has 0 aliphatic carbocycles. The monoisotopic (exact) mass is 484 g/mol. The van der Waals surface area contributed by atoms with E-state index in [-0.39, 0.29) is 36.1 Å². The van der Waals surface area contributed by atoms with Gasteiger partial charge >= 0.3 is 8.60 Å². The fraction of sp³-hybridized carbons (Fsp3) is 0.778. The average molecular weight is 485 g/mol. The lowest BCUT2D eigenvalue weighted by molar-refractivity contribution is 0.0258. The first kappa shape index (κ1) is 30.3. The molecule has 0 radical (unpaired) electrons. The largest absolute Gasteiger partial charge is 0.426 e. The molecule has 0 heterocycles. The predicted octanol–water partition coefficient (Wildman–Crippen LogP) is 6.75. The third-order valence-electron chi connectivity index (χ3n) is 6.31. The summed E-state index contributed by atoms with van der Waals surface area (Å²) in [7, 11) is -2.16. The highest BCUT2D eigenvalue weighted by molar-refractivity contribution is 7.41. The highest BCUT2D eigenvalue weighted by atomic mass is 31.2. The summed E-state index contributed by atoms with van der Waals surface area (Å²) >= 11 is 0. The van der Waals surface area contributed by atoms with Crippen LogP contribution in [0.15, 0.2) is 12.1 Å². The Kier molecular flexibility index (Phi) is 10.9. The number of rotatable bonds is 11. The summed E-state index contributed by atoms with van der Waals surface area (Å²) in [4.78, 5) is 10.7. The van der Waals surface area contributed by atoms with Gasteiger partial charge in [0.1, 0.15) is 5.75 Å². The fourth-order valence-corrected chi connectivity index (χ4v) is 4.42. The van der Waals surface area contributed by atoms with E-state index in [9.17, 15) is 15.1 Å². The number of unbranched alkanes of at least 4 members (excludes halogenated alkanes) is 1. The smallest absolute Gasteiger partial charge is 0.394 e. The summed E-state index contributed by atoms with van der Waals surface area (Å²) in [6.45, 7) is 21.6. The molecule has 0 fully saturated rings. The quantitative estimate of drug-likeness (QED) is 0.303. The van der Waals surface area contributed by atoms with Crippen molar-refractivity contribution in [2.45, 2.75) is 111 Å². The van der Waals surface area contributed by atoms with Gasteiger partial charge in [-0.1, -0.05) is 94.2 Å². The lowest BCUT2D eigenvalue weighted by atomic mass is 9.75. The Labute approximate surface area is 203 Å². The van der Waals surface area contributed by atoms with Crippen LogP contribution in [-0.2, 0) is 20.8 Å². The van der Waals surface area contributed by atoms with E-state index in [4.69, 9.17) is 9.05 Å². The molecule has 3 N–H and O–H groups in total. The summed E-state index contributed by atoms with van der Waals surface area (Å²) in [6, 6.07) is 4.39. The molecule has 0 bridgehead atoms. The van der Waals surface area contributed by atoms with Crippen LogP contribution in [0.1, 0.15) is 112 Å². The topological polar surface area (TPSA) is 79.2 Å². The molecule has 1 aromatic rings. The number of aliphatic hydroxyl groups excluding tert-OH is 2. The van der Waals surface area contributed by atoms with Crippen LogP contribution in [0.3, 0.4) is 0 Å². The molecule has 0 spiro atoms. The maximum absolute atomic E-state index is 10.7. The van der Waals surface area contributed by atoms with Crippen LogP contribution < -0.4 is 4.52 Å². The molecule has 5 nitrogen and oxygen atoms in total. The van der Waals surface area contributed by atoms with Gasteiger partial charge in [0.05, 0.1) is 19.8 Å². The Bertz CT molecular complexity index is 701. The average Bonchev–Trinajstić information content (AvgIpc) is 2.68. The van der Waals surface area contributed by atoms with Crippen molar-refractivity contribution in [2.75, 3.05) is 19.8 Å². The van der Waals surface area contributed by atoms with E-state index >= 15 is 0 Å². The number of hydrogen-bond acceptors (Lipinski definition) is 5. The molecule has 0 saturated carbocycles. The predicted molar refractivity (Wildman–Crippen MR) is 139 cm³/mol. The van der Waals surface area contributed by atoms with Gasteiger partial charge in [0.15, 0.2) is 0 Å². The summed E-state index contributed by atoms with van der Waals surface area (Å²) in [5.41, 5.74) is 2.36. The fourth-order valence-electron chi connectivity index (χ4n) is 3.76. The molecule has 192 valence electrons. The molecule has 6 heteroatoms. The van der Waals surface area contributed by atoms with E-state index in [0.717, 1.165) is 30.4 Å². The van der Waals surface area contributed by atoms with Crippen molar-refractivity contribution < 1.29 is 24.2 Å².